The molecule has 0 radical (unpaired) electrons. The summed E-state index contributed by atoms with van der Waals surface area (Å²) in [6.45, 7) is 1.73. The smallest absolute Gasteiger partial charge is 0.435 e. The summed E-state index contributed by atoms with van der Waals surface area (Å²) in [6, 6.07) is 0.656. The fourth-order valence-electron chi connectivity index (χ4n) is 1.82. The number of anilines is 1. The number of halogens is 3. The predicted octanol–water partition coefficient (Wildman–Crippen LogP) is 2.41. The lowest BCUT2D eigenvalue weighted by Gasteiger charge is -2.13. The van der Waals surface area contributed by atoms with Crippen LogP contribution in [0.15, 0.2) is 18.5 Å². The summed E-state index contributed by atoms with van der Waals surface area (Å²) in [5.74, 6) is -0.697. The van der Waals surface area contributed by atoms with Gasteiger partial charge in [0.1, 0.15) is 5.52 Å². The van der Waals surface area contributed by atoms with E-state index in [1.807, 2.05) is 0 Å². The Labute approximate surface area is 117 Å². The molecule has 0 saturated heterocycles. The molecule has 114 valence electrons. The SMILES string of the molecule is CC(CCC(=O)O)Nc1nccn2nc(C(F)(F)F)cc12. The van der Waals surface area contributed by atoms with E-state index in [0.29, 0.717) is 6.42 Å². The van der Waals surface area contributed by atoms with Gasteiger partial charge in [0.05, 0.1) is 0 Å². The van der Waals surface area contributed by atoms with Crippen LogP contribution in [0.2, 0.25) is 0 Å². The van der Waals surface area contributed by atoms with Crippen LogP contribution in [-0.2, 0) is 11.0 Å². The molecule has 0 saturated carbocycles. The van der Waals surface area contributed by atoms with E-state index >= 15 is 0 Å². The second-order valence-electron chi connectivity index (χ2n) is 4.61. The zero-order chi connectivity index (χ0) is 15.6. The third-order valence-electron chi connectivity index (χ3n) is 2.85. The molecule has 2 N–H and O–H groups in total. The molecule has 0 aliphatic carbocycles. The molecule has 2 aromatic rings. The highest BCUT2D eigenvalue weighted by atomic mass is 19.4. The first kappa shape index (κ1) is 15.1. The fourth-order valence-corrected chi connectivity index (χ4v) is 1.82. The molecule has 0 aliphatic heterocycles. The van der Waals surface area contributed by atoms with E-state index < -0.39 is 17.8 Å². The van der Waals surface area contributed by atoms with Crippen LogP contribution in [0.3, 0.4) is 0 Å². The molecule has 0 spiro atoms. The van der Waals surface area contributed by atoms with E-state index in [-0.39, 0.29) is 23.8 Å². The number of fused-ring (bicyclic) bond motifs is 1. The van der Waals surface area contributed by atoms with Gasteiger partial charge >= 0.3 is 12.1 Å². The molecule has 0 aromatic carbocycles. The standard InChI is InChI=1S/C12H13F3N4O2/c1-7(2-3-10(20)21)17-11-8-6-9(12(13,14)15)18-19(8)5-4-16-11/h4-7H,2-3H2,1H3,(H,16,17)(H,20,21). The minimum Gasteiger partial charge on any atom is -0.481 e. The number of carboxylic acid groups (broad SMARTS) is 1. The van der Waals surface area contributed by atoms with Crippen LogP contribution in [0.25, 0.3) is 5.52 Å². The van der Waals surface area contributed by atoms with Crippen LogP contribution in [0.1, 0.15) is 25.5 Å². The fraction of sp³-hybridized carbons (Fsp3) is 0.417. The first-order valence-electron chi connectivity index (χ1n) is 6.17. The highest BCUT2D eigenvalue weighted by Crippen LogP contribution is 2.30. The third kappa shape index (κ3) is 3.61. The van der Waals surface area contributed by atoms with Crippen molar-refractivity contribution in [2.24, 2.45) is 0 Å². The average molecular weight is 302 g/mol. The van der Waals surface area contributed by atoms with Gasteiger partial charge in [0, 0.05) is 30.9 Å². The first-order chi connectivity index (χ1) is 9.77. The summed E-state index contributed by atoms with van der Waals surface area (Å²) in [5.41, 5.74) is -0.816. The van der Waals surface area contributed by atoms with Crippen LogP contribution in [0.5, 0.6) is 0 Å². The number of carbonyl (C=O) groups is 1. The Kier molecular flexibility index (Phi) is 4.01. The summed E-state index contributed by atoms with van der Waals surface area (Å²) < 4.78 is 39.0. The number of carboxylic acids is 1. The van der Waals surface area contributed by atoms with Gasteiger partial charge < -0.3 is 10.4 Å². The molecular weight excluding hydrogens is 289 g/mol. The van der Waals surface area contributed by atoms with E-state index in [2.05, 4.69) is 15.4 Å². The summed E-state index contributed by atoms with van der Waals surface area (Å²) in [6.07, 6.45) is -1.59. The van der Waals surface area contributed by atoms with Crippen LogP contribution < -0.4 is 5.32 Å². The topological polar surface area (TPSA) is 79.5 Å². The number of nitrogens with zero attached hydrogens (tertiary/aromatic N) is 3. The molecular formula is C12H13F3N4O2. The molecule has 9 heteroatoms. The highest BCUT2D eigenvalue weighted by molar-refractivity contribution is 5.69. The number of rotatable bonds is 5. The van der Waals surface area contributed by atoms with Crippen molar-refractivity contribution in [2.75, 3.05) is 5.32 Å². The van der Waals surface area contributed by atoms with Gasteiger partial charge in [0.15, 0.2) is 11.5 Å². The second-order valence-corrected chi connectivity index (χ2v) is 4.61. The van der Waals surface area contributed by atoms with Crippen LogP contribution in [0.4, 0.5) is 19.0 Å². The van der Waals surface area contributed by atoms with Crippen molar-refractivity contribution in [1.82, 2.24) is 14.6 Å². The molecule has 0 amide bonds. The number of hydrogen-bond acceptors (Lipinski definition) is 4. The van der Waals surface area contributed by atoms with Crippen molar-refractivity contribution in [3.63, 3.8) is 0 Å². The Hall–Kier alpha value is -2.32. The largest absolute Gasteiger partial charge is 0.481 e. The lowest BCUT2D eigenvalue weighted by atomic mass is 10.2. The molecule has 0 aliphatic rings. The Bertz CT molecular complexity index is 653. The Morgan fingerprint density at radius 2 is 2.24 bits per heavy atom. The second kappa shape index (κ2) is 5.58. The molecule has 2 heterocycles. The maximum Gasteiger partial charge on any atom is 0.435 e. The number of aromatic nitrogens is 3. The van der Waals surface area contributed by atoms with Crippen LogP contribution in [-0.4, -0.2) is 31.7 Å². The molecule has 21 heavy (non-hydrogen) atoms. The number of hydrogen-bond donors (Lipinski definition) is 2. The molecule has 0 fully saturated rings. The minimum absolute atomic E-state index is 0.0374. The van der Waals surface area contributed by atoms with E-state index in [0.717, 1.165) is 10.6 Å². The summed E-state index contributed by atoms with van der Waals surface area (Å²) in [4.78, 5) is 14.5. The molecule has 2 rings (SSSR count). The zero-order valence-corrected chi connectivity index (χ0v) is 11.1. The molecule has 1 atom stereocenters. The van der Waals surface area contributed by atoms with Crippen molar-refractivity contribution in [2.45, 2.75) is 32.0 Å². The van der Waals surface area contributed by atoms with E-state index in [4.69, 9.17) is 5.11 Å². The maximum absolute atomic E-state index is 12.6. The minimum atomic E-state index is -4.53. The lowest BCUT2D eigenvalue weighted by molar-refractivity contribution is -0.141. The van der Waals surface area contributed by atoms with Gasteiger partial charge in [-0.25, -0.2) is 9.50 Å². The highest BCUT2D eigenvalue weighted by Gasteiger charge is 2.34. The average Bonchev–Trinajstić information content (AvgIpc) is 2.81. The quantitative estimate of drug-likeness (QED) is 0.886. The predicted molar refractivity (Wildman–Crippen MR) is 67.9 cm³/mol. The van der Waals surface area contributed by atoms with Gasteiger partial charge in [-0.1, -0.05) is 0 Å². The molecule has 1 unspecified atom stereocenters. The summed E-state index contributed by atoms with van der Waals surface area (Å²) >= 11 is 0. The van der Waals surface area contributed by atoms with E-state index in [9.17, 15) is 18.0 Å². The van der Waals surface area contributed by atoms with Crippen molar-refractivity contribution in [3.05, 3.63) is 24.2 Å². The first-order valence-corrected chi connectivity index (χ1v) is 6.17. The van der Waals surface area contributed by atoms with Crippen molar-refractivity contribution >= 4 is 17.3 Å². The van der Waals surface area contributed by atoms with Gasteiger partial charge in [0.2, 0.25) is 0 Å². The van der Waals surface area contributed by atoms with Crippen molar-refractivity contribution in [3.8, 4) is 0 Å². The van der Waals surface area contributed by atoms with Gasteiger partial charge in [0.25, 0.3) is 0 Å². The Balaban J connectivity index is 2.24. The van der Waals surface area contributed by atoms with Gasteiger partial charge in [-0.3, -0.25) is 4.79 Å². The van der Waals surface area contributed by atoms with Crippen LogP contribution >= 0.6 is 0 Å². The Morgan fingerprint density at radius 3 is 2.86 bits per heavy atom. The van der Waals surface area contributed by atoms with Crippen LogP contribution in [0, 0.1) is 0 Å². The van der Waals surface area contributed by atoms with Crippen molar-refractivity contribution in [1.29, 1.82) is 0 Å². The number of nitrogens with one attached hydrogen (secondary N) is 1. The maximum atomic E-state index is 12.6. The summed E-state index contributed by atoms with van der Waals surface area (Å²) in [7, 11) is 0. The molecule has 6 nitrogen and oxygen atoms in total. The van der Waals surface area contributed by atoms with Gasteiger partial charge in [-0.2, -0.15) is 18.3 Å². The third-order valence-corrected chi connectivity index (χ3v) is 2.85. The number of aliphatic carboxylic acids is 1. The normalized spacial score (nSPS) is 13.3. The van der Waals surface area contributed by atoms with Crippen molar-refractivity contribution < 1.29 is 23.1 Å². The lowest BCUT2D eigenvalue weighted by Crippen LogP contribution is -2.18. The number of alkyl halides is 3. The van der Waals surface area contributed by atoms with E-state index in [1.165, 1.54) is 12.4 Å². The van der Waals surface area contributed by atoms with E-state index in [1.54, 1.807) is 6.92 Å². The Morgan fingerprint density at radius 1 is 1.52 bits per heavy atom. The van der Waals surface area contributed by atoms with Gasteiger partial charge in [-0.05, 0) is 13.3 Å². The summed E-state index contributed by atoms with van der Waals surface area (Å²) in [5, 5.41) is 15.0. The monoisotopic (exact) mass is 302 g/mol. The molecule has 0 bridgehead atoms. The van der Waals surface area contributed by atoms with Gasteiger partial charge in [-0.15, -0.1) is 0 Å². The molecule has 2 aromatic heterocycles. The zero-order valence-electron chi connectivity index (χ0n) is 11.1.